The SMILES string of the molecule is CN(C)C1(CNc2c(Cl)cc([N+](=O)[O-])cc2Cl)CCCC1. The van der Waals surface area contributed by atoms with E-state index in [1.54, 1.807) is 0 Å². The molecule has 1 saturated carbocycles. The second-order valence-electron chi connectivity index (χ2n) is 5.72. The van der Waals surface area contributed by atoms with Crippen LogP contribution < -0.4 is 5.32 Å². The fourth-order valence-electron chi connectivity index (χ4n) is 2.90. The smallest absolute Gasteiger partial charge is 0.272 e. The summed E-state index contributed by atoms with van der Waals surface area (Å²) in [6.07, 6.45) is 4.66. The Balaban J connectivity index is 2.18. The van der Waals surface area contributed by atoms with Gasteiger partial charge in [-0.25, -0.2) is 0 Å². The number of nitro groups is 1. The molecular formula is C14H19Cl2N3O2. The van der Waals surface area contributed by atoms with Gasteiger partial charge >= 0.3 is 0 Å². The van der Waals surface area contributed by atoms with Gasteiger partial charge in [0.2, 0.25) is 0 Å². The molecule has 1 N–H and O–H groups in total. The number of likely N-dealkylation sites (N-methyl/N-ethyl adjacent to an activating group) is 1. The van der Waals surface area contributed by atoms with Crippen LogP contribution in [0.1, 0.15) is 25.7 Å². The average Bonchev–Trinajstić information content (AvgIpc) is 2.87. The van der Waals surface area contributed by atoms with E-state index in [2.05, 4.69) is 24.3 Å². The van der Waals surface area contributed by atoms with Gasteiger partial charge in [0.1, 0.15) is 0 Å². The first-order valence-corrected chi connectivity index (χ1v) is 7.66. The average molecular weight is 332 g/mol. The fraction of sp³-hybridized carbons (Fsp3) is 0.571. The number of rotatable bonds is 5. The molecule has 1 aromatic carbocycles. The van der Waals surface area contributed by atoms with Gasteiger partial charge in [0.15, 0.2) is 0 Å². The first kappa shape index (κ1) is 16.3. The Hall–Kier alpha value is -1.04. The summed E-state index contributed by atoms with van der Waals surface area (Å²) >= 11 is 12.2. The molecule has 0 spiro atoms. The van der Waals surface area contributed by atoms with Crippen LogP contribution in [0.15, 0.2) is 12.1 Å². The zero-order valence-electron chi connectivity index (χ0n) is 12.2. The largest absolute Gasteiger partial charge is 0.381 e. The monoisotopic (exact) mass is 331 g/mol. The van der Waals surface area contributed by atoms with Crippen molar-refractivity contribution in [1.29, 1.82) is 0 Å². The summed E-state index contributed by atoms with van der Waals surface area (Å²) in [5.74, 6) is 0. The highest BCUT2D eigenvalue weighted by atomic mass is 35.5. The van der Waals surface area contributed by atoms with Crippen LogP contribution in [0.4, 0.5) is 11.4 Å². The van der Waals surface area contributed by atoms with Gasteiger partial charge in [0, 0.05) is 24.2 Å². The number of halogens is 2. The van der Waals surface area contributed by atoms with E-state index in [0.29, 0.717) is 5.69 Å². The van der Waals surface area contributed by atoms with Crippen molar-refractivity contribution in [3.8, 4) is 0 Å². The normalized spacial score (nSPS) is 17.2. The molecule has 0 bridgehead atoms. The third-order valence-electron chi connectivity index (χ3n) is 4.31. The second-order valence-corrected chi connectivity index (χ2v) is 6.54. The highest BCUT2D eigenvalue weighted by Crippen LogP contribution is 2.38. The van der Waals surface area contributed by atoms with E-state index in [4.69, 9.17) is 23.2 Å². The van der Waals surface area contributed by atoms with Gasteiger partial charge in [0.25, 0.3) is 5.69 Å². The molecule has 0 aromatic heterocycles. The first-order chi connectivity index (χ1) is 9.85. The third-order valence-corrected chi connectivity index (χ3v) is 4.91. The summed E-state index contributed by atoms with van der Waals surface area (Å²) < 4.78 is 0. The van der Waals surface area contributed by atoms with Crippen LogP contribution in [0.25, 0.3) is 0 Å². The Morgan fingerprint density at radius 1 is 1.29 bits per heavy atom. The highest BCUT2D eigenvalue weighted by Gasteiger charge is 2.36. The second kappa shape index (κ2) is 6.38. The number of nitro benzene ring substituents is 1. The molecule has 0 atom stereocenters. The van der Waals surface area contributed by atoms with Crippen molar-refractivity contribution in [3.63, 3.8) is 0 Å². The van der Waals surface area contributed by atoms with E-state index in [1.165, 1.54) is 25.0 Å². The fourth-order valence-corrected chi connectivity index (χ4v) is 3.51. The zero-order valence-corrected chi connectivity index (χ0v) is 13.7. The van der Waals surface area contributed by atoms with Crippen molar-refractivity contribution in [2.45, 2.75) is 31.2 Å². The van der Waals surface area contributed by atoms with Crippen LogP contribution in [0.2, 0.25) is 10.0 Å². The number of non-ortho nitro benzene ring substituents is 1. The maximum Gasteiger partial charge on any atom is 0.272 e. The maximum absolute atomic E-state index is 10.8. The Morgan fingerprint density at radius 2 is 1.81 bits per heavy atom. The minimum absolute atomic E-state index is 0.0917. The minimum Gasteiger partial charge on any atom is -0.381 e. The molecule has 0 aliphatic heterocycles. The van der Waals surface area contributed by atoms with E-state index in [0.717, 1.165) is 19.4 Å². The Morgan fingerprint density at radius 3 is 2.24 bits per heavy atom. The van der Waals surface area contributed by atoms with Gasteiger partial charge in [-0.15, -0.1) is 0 Å². The molecule has 0 unspecified atom stereocenters. The van der Waals surface area contributed by atoms with Crippen molar-refractivity contribution in [2.75, 3.05) is 26.0 Å². The number of hydrogen-bond donors (Lipinski definition) is 1. The molecule has 1 aromatic rings. The van der Waals surface area contributed by atoms with E-state index >= 15 is 0 Å². The lowest BCUT2D eigenvalue weighted by Crippen LogP contribution is -2.47. The highest BCUT2D eigenvalue weighted by molar-refractivity contribution is 6.39. The predicted molar refractivity (Wildman–Crippen MR) is 86.5 cm³/mol. The lowest BCUT2D eigenvalue weighted by Gasteiger charge is -2.37. The topological polar surface area (TPSA) is 58.4 Å². The molecule has 21 heavy (non-hydrogen) atoms. The Kier molecular flexibility index (Phi) is 4.96. The van der Waals surface area contributed by atoms with E-state index in [-0.39, 0.29) is 21.3 Å². The Bertz CT molecular complexity index is 520. The van der Waals surface area contributed by atoms with Crippen molar-refractivity contribution >= 4 is 34.6 Å². The van der Waals surface area contributed by atoms with Crippen LogP contribution in [0, 0.1) is 10.1 Å². The van der Waals surface area contributed by atoms with Crippen LogP contribution >= 0.6 is 23.2 Å². The molecule has 0 heterocycles. The van der Waals surface area contributed by atoms with Crippen LogP contribution in [0.5, 0.6) is 0 Å². The third kappa shape index (κ3) is 3.42. The standard InChI is InChI=1S/C14H19Cl2N3O2/c1-18(2)14(5-3-4-6-14)9-17-13-11(15)7-10(19(20)21)8-12(13)16/h7-8,17H,3-6,9H2,1-2H3. The van der Waals surface area contributed by atoms with Crippen molar-refractivity contribution < 1.29 is 4.92 Å². The van der Waals surface area contributed by atoms with Crippen LogP contribution in [-0.2, 0) is 0 Å². The van der Waals surface area contributed by atoms with E-state index < -0.39 is 4.92 Å². The van der Waals surface area contributed by atoms with Gasteiger partial charge in [0.05, 0.1) is 20.7 Å². The molecule has 0 radical (unpaired) electrons. The molecule has 1 aliphatic rings. The zero-order chi connectivity index (χ0) is 15.6. The summed E-state index contributed by atoms with van der Waals surface area (Å²) in [4.78, 5) is 12.5. The van der Waals surface area contributed by atoms with Crippen molar-refractivity contribution in [3.05, 3.63) is 32.3 Å². The maximum atomic E-state index is 10.8. The molecule has 0 amide bonds. The molecule has 116 valence electrons. The van der Waals surface area contributed by atoms with E-state index in [9.17, 15) is 10.1 Å². The number of hydrogen-bond acceptors (Lipinski definition) is 4. The minimum atomic E-state index is -0.500. The summed E-state index contributed by atoms with van der Waals surface area (Å²) in [6, 6.07) is 2.65. The summed E-state index contributed by atoms with van der Waals surface area (Å²) in [5, 5.41) is 14.6. The summed E-state index contributed by atoms with van der Waals surface area (Å²) in [5.41, 5.74) is 0.560. The lowest BCUT2D eigenvalue weighted by molar-refractivity contribution is -0.384. The van der Waals surface area contributed by atoms with Gasteiger partial charge in [-0.3, -0.25) is 10.1 Å². The van der Waals surface area contributed by atoms with Crippen LogP contribution in [0.3, 0.4) is 0 Å². The molecule has 7 heteroatoms. The molecule has 2 rings (SSSR count). The van der Waals surface area contributed by atoms with Gasteiger partial charge in [-0.05, 0) is 26.9 Å². The number of nitrogens with zero attached hydrogens (tertiary/aromatic N) is 2. The van der Waals surface area contributed by atoms with Gasteiger partial charge < -0.3 is 10.2 Å². The summed E-state index contributed by atoms with van der Waals surface area (Å²) in [7, 11) is 4.15. The van der Waals surface area contributed by atoms with Crippen molar-refractivity contribution in [2.24, 2.45) is 0 Å². The number of nitrogens with one attached hydrogen (secondary N) is 1. The number of benzene rings is 1. The Labute approximate surface area is 134 Å². The number of anilines is 1. The molecular weight excluding hydrogens is 313 g/mol. The van der Waals surface area contributed by atoms with E-state index in [1.807, 2.05) is 0 Å². The van der Waals surface area contributed by atoms with Crippen LogP contribution in [-0.4, -0.2) is 36.0 Å². The molecule has 1 aliphatic carbocycles. The van der Waals surface area contributed by atoms with Gasteiger partial charge in [-0.1, -0.05) is 36.0 Å². The lowest BCUT2D eigenvalue weighted by atomic mass is 9.96. The first-order valence-electron chi connectivity index (χ1n) is 6.90. The molecule has 5 nitrogen and oxygen atoms in total. The molecule has 0 saturated heterocycles. The quantitative estimate of drug-likeness (QED) is 0.649. The van der Waals surface area contributed by atoms with Crippen molar-refractivity contribution in [1.82, 2.24) is 4.90 Å². The molecule has 1 fully saturated rings. The van der Waals surface area contributed by atoms with Gasteiger partial charge in [-0.2, -0.15) is 0 Å². The predicted octanol–water partition coefficient (Wildman–Crippen LogP) is 4.19. The summed E-state index contributed by atoms with van der Waals surface area (Å²) in [6.45, 7) is 0.719.